The maximum atomic E-state index is 11.4. The third-order valence-corrected chi connectivity index (χ3v) is 4.08. The molecule has 0 spiro atoms. The summed E-state index contributed by atoms with van der Waals surface area (Å²) < 4.78 is 24.6. The van der Waals surface area contributed by atoms with Crippen molar-refractivity contribution in [3.63, 3.8) is 0 Å². The van der Waals surface area contributed by atoms with Gasteiger partial charge in [0.05, 0.1) is 16.3 Å². The first kappa shape index (κ1) is 13.8. The van der Waals surface area contributed by atoms with Crippen LogP contribution in [0.1, 0.15) is 12.6 Å². The zero-order chi connectivity index (χ0) is 14.0. The van der Waals surface area contributed by atoms with E-state index in [0.717, 1.165) is 23.5 Å². The zero-order valence-corrected chi connectivity index (χ0v) is 11.8. The van der Waals surface area contributed by atoms with Crippen LogP contribution < -0.4 is 5.73 Å². The van der Waals surface area contributed by atoms with Crippen molar-refractivity contribution in [1.29, 1.82) is 0 Å². The van der Waals surface area contributed by atoms with Crippen LogP contribution in [0.5, 0.6) is 0 Å². The molecule has 2 rings (SSSR count). The average molecular weight is 279 g/mol. The van der Waals surface area contributed by atoms with E-state index in [1.807, 2.05) is 17.7 Å². The zero-order valence-electron chi connectivity index (χ0n) is 11.0. The molecule has 0 amide bonds. The molecule has 5 nitrogen and oxygen atoms in total. The second-order valence-corrected chi connectivity index (χ2v) is 6.35. The molecule has 0 atom stereocenters. The highest BCUT2D eigenvalue weighted by atomic mass is 32.2. The lowest BCUT2D eigenvalue weighted by Crippen LogP contribution is -2.06. The summed E-state index contributed by atoms with van der Waals surface area (Å²) in [6.45, 7) is 3.19. The first-order valence-corrected chi connectivity index (χ1v) is 7.92. The summed E-state index contributed by atoms with van der Waals surface area (Å²) in [4.78, 5) is 0.310. The van der Waals surface area contributed by atoms with Crippen LogP contribution in [0.25, 0.3) is 11.3 Å². The minimum atomic E-state index is -3.16. The molecule has 0 unspecified atom stereocenters. The summed E-state index contributed by atoms with van der Waals surface area (Å²) >= 11 is 0. The normalized spacial score (nSPS) is 11.7. The topological polar surface area (TPSA) is 78.0 Å². The van der Waals surface area contributed by atoms with E-state index in [1.165, 1.54) is 6.26 Å². The number of hydrogen-bond acceptors (Lipinski definition) is 4. The van der Waals surface area contributed by atoms with Gasteiger partial charge in [0.15, 0.2) is 9.84 Å². The molecule has 2 aromatic rings. The molecule has 0 radical (unpaired) electrons. The first-order valence-electron chi connectivity index (χ1n) is 6.03. The minimum absolute atomic E-state index is 0.310. The Morgan fingerprint density at radius 3 is 2.32 bits per heavy atom. The minimum Gasteiger partial charge on any atom is -0.325 e. The van der Waals surface area contributed by atoms with Gasteiger partial charge in [-0.15, -0.1) is 0 Å². The van der Waals surface area contributed by atoms with Crippen LogP contribution in [0.3, 0.4) is 0 Å². The van der Waals surface area contributed by atoms with Gasteiger partial charge in [-0.1, -0.05) is 12.1 Å². The molecule has 1 aromatic carbocycles. The van der Waals surface area contributed by atoms with Crippen molar-refractivity contribution in [1.82, 2.24) is 9.78 Å². The lowest BCUT2D eigenvalue weighted by atomic mass is 10.1. The largest absolute Gasteiger partial charge is 0.325 e. The maximum absolute atomic E-state index is 11.4. The molecule has 0 saturated heterocycles. The first-order chi connectivity index (χ1) is 8.95. The van der Waals surface area contributed by atoms with Crippen LogP contribution in [-0.4, -0.2) is 24.5 Å². The Balaban J connectivity index is 2.40. The molecule has 1 aromatic heterocycles. The van der Waals surface area contributed by atoms with Gasteiger partial charge in [0.2, 0.25) is 0 Å². The quantitative estimate of drug-likeness (QED) is 0.918. The van der Waals surface area contributed by atoms with E-state index in [9.17, 15) is 8.42 Å². The van der Waals surface area contributed by atoms with Gasteiger partial charge < -0.3 is 5.73 Å². The van der Waals surface area contributed by atoms with Crippen molar-refractivity contribution in [2.24, 2.45) is 5.73 Å². The van der Waals surface area contributed by atoms with Gasteiger partial charge in [-0.3, -0.25) is 4.68 Å². The molecule has 0 bridgehead atoms. The molecule has 0 fully saturated rings. The highest BCUT2D eigenvalue weighted by Gasteiger charge is 2.10. The average Bonchev–Trinajstić information content (AvgIpc) is 2.81. The van der Waals surface area contributed by atoms with E-state index in [0.29, 0.717) is 11.4 Å². The summed E-state index contributed by atoms with van der Waals surface area (Å²) in [5.74, 6) is 0. The Hall–Kier alpha value is -1.66. The van der Waals surface area contributed by atoms with Crippen LogP contribution in [-0.2, 0) is 22.9 Å². The van der Waals surface area contributed by atoms with Gasteiger partial charge in [-0.05, 0) is 25.1 Å². The molecule has 0 saturated carbocycles. The second-order valence-electron chi connectivity index (χ2n) is 4.34. The summed E-state index contributed by atoms with van der Waals surface area (Å²) in [5.41, 5.74) is 8.31. The maximum Gasteiger partial charge on any atom is 0.175 e. The van der Waals surface area contributed by atoms with E-state index >= 15 is 0 Å². The van der Waals surface area contributed by atoms with Crippen LogP contribution in [0, 0.1) is 0 Å². The van der Waals surface area contributed by atoms with Crippen molar-refractivity contribution in [2.75, 3.05) is 6.26 Å². The predicted octanol–water partition coefficient (Wildman–Crippen LogP) is 1.43. The van der Waals surface area contributed by atoms with E-state index in [4.69, 9.17) is 5.73 Å². The number of sulfone groups is 1. The van der Waals surface area contributed by atoms with Crippen LogP contribution in [0.4, 0.5) is 0 Å². The molecule has 2 N–H and O–H groups in total. The molecular formula is C13H17N3O2S. The number of aryl methyl sites for hydroxylation is 1. The Labute approximate surface area is 113 Å². The number of rotatable bonds is 4. The number of hydrogen-bond donors (Lipinski definition) is 1. The lowest BCUT2D eigenvalue weighted by Gasteiger charge is -2.00. The van der Waals surface area contributed by atoms with Gasteiger partial charge in [-0.2, -0.15) is 5.10 Å². The molecule has 19 heavy (non-hydrogen) atoms. The SMILES string of the molecule is CCn1nc(-c2ccc(S(C)(=O)=O)cc2)cc1CN. The number of aromatic nitrogens is 2. The van der Waals surface area contributed by atoms with E-state index < -0.39 is 9.84 Å². The fraction of sp³-hybridized carbons (Fsp3) is 0.308. The molecule has 102 valence electrons. The number of benzene rings is 1. The fourth-order valence-electron chi connectivity index (χ4n) is 1.91. The van der Waals surface area contributed by atoms with Crippen molar-refractivity contribution in [3.05, 3.63) is 36.0 Å². The molecular weight excluding hydrogens is 262 g/mol. The highest BCUT2D eigenvalue weighted by Crippen LogP contribution is 2.21. The molecule has 0 aliphatic heterocycles. The molecule has 6 heteroatoms. The standard InChI is InChI=1S/C13H17N3O2S/c1-3-16-11(9-14)8-13(15-16)10-4-6-12(7-5-10)19(2,17)18/h4-8H,3,9,14H2,1-2H3. The summed E-state index contributed by atoms with van der Waals surface area (Å²) in [6.07, 6.45) is 1.19. The van der Waals surface area contributed by atoms with Crippen LogP contribution >= 0.6 is 0 Å². The van der Waals surface area contributed by atoms with E-state index in [2.05, 4.69) is 5.10 Å². The summed E-state index contributed by atoms with van der Waals surface area (Å²) in [6, 6.07) is 8.65. The van der Waals surface area contributed by atoms with Crippen LogP contribution in [0.15, 0.2) is 35.2 Å². The van der Waals surface area contributed by atoms with Gasteiger partial charge in [-0.25, -0.2) is 8.42 Å². The van der Waals surface area contributed by atoms with Crippen molar-refractivity contribution < 1.29 is 8.42 Å². The Bertz CT molecular complexity index is 651. The van der Waals surface area contributed by atoms with Gasteiger partial charge >= 0.3 is 0 Å². The smallest absolute Gasteiger partial charge is 0.175 e. The van der Waals surface area contributed by atoms with Gasteiger partial charge in [0.1, 0.15) is 0 Å². The Morgan fingerprint density at radius 1 is 1.26 bits per heavy atom. The number of nitrogens with two attached hydrogens (primary N) is 1. The monoisotopic (exact) mass is 279 g/mol. The van der Waals surface area contributed by atoms with Gasteiger partial charge in [0, 0.05) is 24.9 Å². The summed E-state index contributed by atoms with van der Waals surface area (Å²) in [5, 5.41) is 4.45. The third kappa shape index (κ3) is 2.85. The van der Waals surface area contributed by atoms with Crippen molar-refractivity contribution in [2.45, 2.75) is 24.9 Å². The number of nitrogens with zero attached hydrogens (tertiary/aromatic N) is 2. The molecule has 0 aliphatic rings. The Morgan fingerprint density at radius 2 is 1.89 bits per heavy atom. The predicted molar refractivity (Wildman–Crippen MR) is 74.3 cm³/mol. The van der Waals surface area contributed by atoms with Crippen molar-refractivity contribution >= 4 is 9.84 Å². The Kier molecular flexibility index (Phi) is 3.73. The molecule has 0 aliphatic carbocycles. The highest BCUT2D eigenvalue weighted by molar-refractivity contribution is 7.90. The van der Waals surface area contributed by atoms with Gasteiger partial charge in [0.25, 0.3) is 0 Å². The second kappa shape index (κ2) is 5.14. The third-order valence-electron chi connectivity index (χ3n) is 2.95. The fourth-order valence-corrected chi connectivity index (χ4v) is 2.54. The van der Waals surface area contributed by atoms with Crippen molar-refractivity contribution in [3.8, 4) is 11.3 Å². The lowest BCUT2D eigenvalue weighted by molar-refractivity contribution is 0.602. The van der Waals surface area contributed by atoms with E-state index in [1.54, 1.807) is 24.3 Å². The molecule has 1 heterocycles. The van der Waals surface area contributed by atoms with E-state index in [-0.39, 0.29) is 0 Å². The summed E-state index contributed by atoms with van der Waals surface area (Å²) in [7, 11) is -3.16. The van der Waals surface area contributed by atoms with Crippen LogP contribution in [0.2, 0.25) is 0 Å².